The second-order valence-corrected chi connectivity index (χ2v) is 16.0. The van der Waals surface area contributed by atoms with E-state index in [0.717, 1.165) is 44.2 Å². The molecule has 0 atom stereocenters. The van der Waals surface area contributed by atoms with Crippen LogP contribution in [0.4, 0.5) is 0 Å². The van der Waals surface area contributed by atoms with Crippen molar-refractivity contribution >= 4 is 96.6 Å². The number of allylic oxidation sites excluding steroid dienone is 1. The fourth-order valence-corrected chi connectivity index (χ4v) is 10.3. The second kappa shape index (κ2) is 13.9. The monoisotopic (exact) mass is 757 g/mol. The highest BCUT2D eigenvalue weighted by Gasteiger charge is 2.18. The molecule has 0 aliphatic rings. The summed E-state index contributed by atoms with van der Waals surface area (Å²) in [7, 11) is 0. The standard InChI is InChI=1S/C50H35N3OS2/c1-3-30(4-2)49(51)53-50(31-13-6-5-7-14-31)52-29-34-15-10-20-42-46(34)40-27-32(24-26-41(40)54-42)35-17-12-22-44-47(35)39-19-11-18-36(48(39)56-44)33-23-25-38-37-16-8-9-21-43(37)55-45(38)28-33/h3-28H,1,29H2,2H3,(H2,51,52,53)/b30-4+. The van der Waals surface area contributed by atoms with Gasteiger partial charge in [-0.1, -0.05) is 128 Å². The molecular weight excluding hydrogens is 723 g/mol. The first-order valence-corrected chi connectivity index (χ1v) is 20.2. The molecule has 0 fully saturated rings. The van der Waals surface area contributed by atoms with Crippen molar-refractivity contribution in [2.75, 3.05) is 0 Å². The van der Waals surface area contributed by atoms with Crippen LogP contribution in [-0.4, -0.2) is 11.7 Å². The van der Waals surface area contributed by atoms with E-state index in [1.165, 1.54) is 57.0 Å². The van der Waals surface area contributed by atoms with Gasteiger partial charge in [0, 0.05) is 62.3 Å². The van der Waals surface area contributed by atoms with E-state index >= 15 is 0 Å². The first kappa shape index (κ1) is 33.9. The van der Waals surface area contributed by atoms with Crippen LogP contribution in [0.25, 0.3) is 84.5 Å². The van der Waals surface area contributed by atoms with Crippen LogP contribution in [0.5, 0.6) is 0 Å². The highest BCUT2D eigenvalue weighted by atomic mass is 32.1. The van der Waals surface area contributed by atoms with E-state index < -0.39 is 0 Å². The van der Waals surface area contributed by atoms with Gasteiger partial charge in [-0.15, -0.1) is 22.7 Å². The van der Waals surface area contributed by atoms with Crippen LogP contribution < -0.4 is 5.73 Å². The van der Waals surface area contributed by atoms with Gasteiger partial charge < -0.3 is 10.2 Å². The number of benzene rings is 7. The largest absolute Gasteiger partial charge is 0.456 e. The molecule has 0 spiro atoms. The molecule has 0 saturated heterocycles. The number of hydrogen-bond acceptors (Lipinski definition) is 4. The van der Waals surface area contributed by atoms with Gasteiger partial charge in [-0.3, -0.25) is 4.99 Å². The van der Waals surface area contributed by atoms with Crippen LogP contribution >= 0.6 is 22.7 Å². The fourth-order valence-electron chi connectivity index (χ4n) is 7.90. The van der Waals surface area contributed by atoms with E-state index in [0.29, 0.717) is 18.2 Å². The Kier molecular flexibility index (Phi) is 8.43. The number of rotatable bonds is 7. The number of amidine groups is 2. The van der Waals surface area contributed by atoms with Crippen LogP contribution in [0.15, 0.2) is 184 Å². The minimum absolute atomic E-state index is 0.376. The molecule has 268 valence electrons. The Bertz CT molecular complexity index is 3270. The number of aliphatic imine (C=N–C) groups is 2. The lowest BCUT2D eigenvalue weighted by Gasteiger charge is -2.08. The van der Waals surface area contributed by atoms with Gasteiger partial charge in [-0.05, 0) is 71.1 Å². The zero-order valence-corrected chi connectivity index (χ0v) is 32.3. The first-order chi connectivity index (χ1) is 27.6. The summed E-state index contributed by atoms with van der Waals surface area (Å²) in [6.07, 6.45) is 3.61. The molecule has 56 heavy (non-hydrogen) atoms. The summed E-state index contributed by atoms with van der Waals surface area (Å²) in [5.41, 5.74) is 15.7. The molecule has 2 N–H and O–H groups in total. The maximum Gasteiger partial charge on any atom is 0.157 e. The third-order valence-corrected chi connectivity index (χ3v) is 12.9. The molecule has 7 aromatic carbocycles. The van der Waals surface area contributed by atoms with Gasteiger partial charge in [0.1, 0.15) is 17.0 Å². The van der Waals surface area contributed by atoms with Gasteiger partial charge in [0.2, 0.25) is 0 Å². The maximum atomic E-state index is 6.45. The Labute approximate surface area is 331 Å². The summed E-state index contributed by atoms with van der Waals surface area (Å²) < 4.78 is 11.7. The maximum absolute atomic E-state index is 6.45. The molecule has 0 bridgehead atoms. The smallest absolute Gasteiger partial charge is 0.157 e. The average Bonchev–Trinajstić information content (AvgIpc) is 3.94. The van der Waals surface area contributed by atoms with Crippen LogP contribution in [0, 0.1) is 0 Å². The number of furan rings is 1. The van der Waals surface area contributed by atoms with Crippen molar-refractivity contribution in [1.82, 2.24) is 0 Å². The van der Waals surface area contributed by atoms with E-state index in [4.69, 9.17) is 20.1 Å². The number of nitrogens with two attached hydrogens (primary N) is 1. The summed E-state index contributed by atoms with van der Waals surface area (Å²) in [5, 5.41) is 7.30. The minimum atomic E-state index is 0.376. The Hall–Kier alpha value is -6.60. The summed E-state index contributed by atoms with van der Waals surface area (Å²) >= 11 is 3.73. The number of fused-ring (bicyclic) bond motifs is 9. The highest BCUT2D eigenvalue weighted by molar-refractivity contribution is 7.26. The van der Waals surface area contributed by atoms with E-state index in [9.17, 15) is 0 Å². The van der Waals surface area contributed by atoms with Gasteiger partial charge in [0.05, 0.1) is 6.54 Å². The second-order valence-electron chi connectivity index (χ2n) is 13.8. The van der Waals surface area contributed by atoms with Crippen molar-refractivity contribution in [1.29, 1.82) is 0 Å². The highest BCUT2D eigenvalue weighted by Crippen LogP contribution is 2.46. The molecule has 3 aromatic heterocycles. The number of hydrogen-bond donors (Lipinski definition) is 1. The molecular formula is C50H35N3OS2. The average molecular weight is 758 g/mol. The lowest BCUT2D eigenvalue weighted by Crippen LogP contribution is -2.16. The molecule has 0 aliphatic carbocycles. The van der Waals surface area contributed by atoms with Crippen molar-refractivity contribution in [3.05, 3.63) is 181 Å². The third kappa shape index (κ3) is 5.73. The number of nitrogens with zero attached hydrogens (tertiary/aromatic N) is 2. The molecule has 0 radical (unpaired) electrons. The van der Waals surface area contributed by atoms with Gasteiger partial charge in [-0.25, -0.2) is 4.99 Å². The van der Waals surface area contributed by atoms with Gasteiger partial charge in [-0.2, -0.15) is 0 Å². The Morgan fingerprint density at radius 3 is 2.25 bits per heavy atom. The SMILES string of the molecule is C=C/C(=C\C)C(N)=NC(=NCc1cccc2oc3ccc(-c4cccc5sc6c(-c7ccc8c(c7)sc7ccccc78)cccc6c45)cc3c12)c1ccccc1. The summed E-state index contributed by atoms with van der Waals surface area (Å²) in [4.78, 5) is 9.82. The molecule has 6 heteroatoms. The molecule has 10 aromatic rings. The van der Waals surface area contributed by atoms with Crippen LogP contribution in [0.3, 0.4) is 0 Å². The predicted octanol–water partition coefficient (Wildman–Crippen LogP) is 14.1. The normalized spacial score (nSPS) is 12.9. The lowest BCUT2D eigenvalue weighted by molar-refractivity contribution is 0.668. The van der Waals surface area contributed by atoms with Crippen molar-refractivity contribution in [3.8, 4) is 22.3 Å². The Morgan fingerprint density at radius 1 is 0.643 bits per heavy atom. The van der Waals surface area contributed by atoms with Gasteiger partial charge in [0.25, 0.3) is 0 Å². The van der Waals surface area contributed by atoms with Crippen molar-refractivity contribution in [2.45, 2.75) is 13.5 Å². The summed E-state index contributed by atoms with van der Waals surface area (Å²) in [6.45, 7) is 6.21. The molecule has 0 amide bonds. The fraction of sp³-hybridized carbons (Fsp3) is 0.0400. The Balaban J connectivity index is 1.08. The zero-order valence-electron chi connectivity index (χ0n) is 30.6. The minimum Gasteiger partial charge on any atom is -0.456 e. The van der Waals surface area contributed by atoms with Gasteiger partial charge in [0.15, 0.2) is 5.84 Å². The van der Waals surface area contributed by atoms with Crippen molar-refractivity contribution in [2.24, 2.45) is 15.7 Å². The molecule has 4 nitrogen and oxygen atoms in total. The molecule has 10 rings (SSSR count). The topological polar surface area (TPSA) is 63.9 Å². The van der Waals surface area contributed by atoms with Crippen LogP contribution in [0.2, 0.25) is 0 Å². The Morgan fingerprint density at radius 2 is 1.38 bits per heavy atom. The summed E-state index contributed by atoms with van der Waals surface area (Å²) in [6, 6.07) is 51.7. The van der Waals surface area contributed by atoms with E-state index in [2.05, 4.69) is 110 Å². The van der Waals surface area contributed by atoms with Gasteiger partial charge >= 0.3 is 0 Å². The molecule has 0 saturated carbocycles. The third-order valence-electron chi connectivity index (χ3n) is 10.6. The molecule has 0 aliphatic heterocycles. The first-order valence-electron chi connectivity index (χ1n) is 18.6. The number of thiophene rings is 2. The quantitative estimate of drug-likeness (QED) is 0.0999. The zero-order chi connectivity index (χ0) is 37.8. The van der Waals surface area contributed by atoms with E-state index in [1.54, 1.807) is 6.08 Å². The van der Waals surface area contributed by atoms with E-state index in [1.807, 2.05) is 78.1 Å². The van der Waals surface area contributed by atoms with Crippen LogP contribution in [0.1, 0.15) is 18.1 Å². The van der Waals surface area contributed by atoms with Crippen molar-refractivity contribution in [3.63, 3.8) is 0 Å². The molecule has 3 heterocycles. The van der Waals surface area contributed by atoms with E-state index in [-0.39, 0.29) is 0 Å². The lowest BCUT2D eigenvalue weighted by atomic mass is 9.96. The molecule has 0 unspecified atom stereocenters. The predicted molar refractivity (Wildman–Crippen MR) is 243 cm³/mol. The van der Waals surface area contributed by atoms with Crippen LogP contribution in [-0.2, 0) is 6.54 Å². The van der Waals surface area contributed by atoms with Crippen molar-refractivity contribution < 1.29 is 4.42 Å². The summed E-state index contributed by atoms with van der Waals surface area (Å²) in [5.74, 6) is 0.940.